The van der Waals surface area contributed by atoms with Crippen LogP contribution < -0.4 is 9.64 Å². The summed E-state index contributed by atoms with van der Waals surface area (Å²) in [4.78, 5) is 23.8. The number of anilines is 1. The quantitative estimate of drug-likeness (QED) is 0.777. The van der Waals surface area contributed by atoms with E-state index < -0.39 is 0 Å². The van der Waals surface area contributed by atoms with Crippen molar-refractivity contribution in [1.82, 2.24) is 9.88 Å². The second kappa shape index (κ2) is 7.72. The molecule has 28 heavy (non-hydrogen) atoms. The summed E-state index contributed by atoms with van der Waals surface area (Å²) < 4.78 is 11.3. The van der Waals surface area contributed by atoms with Crippen molar-refractivity contribution >= 4 is 22.4 Å². The smallest absolute Gasteiger partial charge is 0.226 e. The Morgan fingerprint density at radius 3 is 2.89 bits per heavy atom. The zero-order valence-electron chi connectivity index (χ0n) is 15.9. The van der Waals surface area contributed by atoms with Gasteiger partial charge in [-0.1, -0.05) is 18.2 Å². The van der Waals surface area contributed by atoms with Crippen LogP contribution in [-0.2, 0) is 28.9 Å². The maximum absolute atomic E-state index is 13.3. The first-order valence-electron chi connectivity index (χ1n) is 10.1. The van der Waals surface area contributed by atoms with Crippen molar-refractivity contribution in [1.29, 1.82) is 0 Å². The average Bonchev–Trinajstić information content (AvgIpc) is 3.05. The minimum Gasteiger partial charge on any atom is -0.491 e. The summed E-state index contributed by atoms with van der Waals surface area (Å²) in [6, 6.07) is 8.02. The van der Waals surface area contributed by atoms with Crippen molar-refractivity contribution in [2.45, 2.75) is 25.8 Å². The van der Waals surface area contributed by atoms with E-state index in [1.165, 1.54) is 4.88 Å². The van der Waals surface area contributed by atoms with Gasteiger partial charge in [0, 0.05) is 42.4 Å². The Morgan fingerprint density at radius 2 is 2.00 bits per heavy atom. The fraction of sp³-hybridized carbons (Fsp3) is 0.524. The molecule has 148 valence electrons. The van der Waals surface area contributed by atoms with Gasteiger partial charge in [-0.15, -0.1) is 11.3 Å². The first-order valence-corrected chi connectivity index (χ1v) is 10.9. The van der Waals surface area contributed by atoms with Crippen LogP contribution >= 0.6 is 11.3 Å². The van der Waals surface area contributed by atoms with Crippen LogP contribution in [0.2, 0.25) is 0 Å². The summed E-state index contributed by atoms with van der Waals surface area (Å²) in [6.45, 7) is 5.18. The van der Waals surface area contributed by atoms with Gasteiger partial charge < -0.3 is 19.3 Å². The lowest BCUT2D eigenvalue weighted by molar-refractivity contribution is -0.136. The Morgan fingerprint density at radius 1 is 1.14 bits per heavy atom. The second-order valence-corrected chi connectivity index (χ2v) is 8.68. The highest BCUT2D eigenvalue weighted by Gasteiger charge is 2.32. The highest BCUT2D eigenvalue weighted by atomic mass is 32.1. The largest absolute Gasteiger partial charge is 0.491 e. The number of fused-ring (bicyclic) bond motifs is 2. The van der Waals surface area contributed by atoms with Gasteiger partial charge in [0.25, 0.3) is 0 Å². The molecule has 1 aromatic carbocycles. The number of aryl methyl sites for hydroxylation is 1. The fourth-order valence-electron chi connectivity index (χ4n) is 4.24. The molecule has 1 fully saturated rings. The molecule has 0 radical (unpaired) electrons. The number of carbonyl (C=O) groups excluding carboxylic acids is 1. The summed E-state index contributed by atoms with van der Waals surface area (Å²) in [6.07, 6.45) is 2.62. The van der Waals surface area contributed by atoms with Gasteiger partial charge in [0.1, 0.15) is 12.4 Å². The molecule has 2 aliphatic heterocycles. The zero-order valence-corrected chi connectivity index (χ0v) is 16.7. The molecular formula is C21H25N3O3S. The minimum absolute atomic E-state index is 0.0254. The second-order valence-electron chi connectivity index (χ2n) is 7.62. The number of rotatable bonds is 2. The first kappa shape index (κ1) is 17.9. The molecule has 2 aromatic rings. The number of hydrogen-bond donors (Lipinski definition) is 0. The number of thiazole rings is 1. The van der Waals surface area contributed by atoms with Gasteiger partial charge in [-0.3, -0.25) is 4.79 Å². The number of amides is 1. The van der Waals surface area contributed by atoms with Crippen molar-refractivity contribution in [3.8, 4) is 5.75 Å². The van der Waals surface area contributed by atoms with Gasteiger partial charge in [0.15, 0.2) is 5.13 Å². The Hall–Kier alpha value is -2.12. The monoisotopic (exact) mass is 399 g/mol. The number of para-hydroxylation sites is 1. The van der Waals surface area contributed by atoms with Crippen LogP contribution in [0.3, 0.4) is 0 Å². The number of hydrogen-bond acceptors (Lipinski definition) is 6. The van der Waals surface area contributed by atoms with Crippen LogP contribution in [-0.4, -0.2) is 55.2 Å². The molecule has 1 atom stereocenters. The molecule has 6 nitrogen and oxygen atoms in total. The van der Waals surface area contributed by atoms with Gasteiger partial charge in [-0.25, -0.2) is 4.98 Å². The van der Waals surface area contributed by atoms with Gasteiger partial charge in [-0.05, 0) is 18.9 Å². The highest BCUT2D eigenvalue weighted by Crippen LogP contribution is 2.35. The number of aromatic nitrogens is 1. The Kier molecular flexibility index (Phi) is 4.94. The van der Waals surface area contributed by atoms with Crippen LogP contribution in [0.4, 0.5) is 5.13 Å². The highest BCUT2D eigenvalue weighted by molar-refractivity contribution is 7.15. The van der Waals surface area contributed by atoms with E-state index in [1.54, 1.807) is 11.3 Å². The number of carbonyl (C=O) groups is 1. The van der Waals surface area contributed by atoms with Crippen LogP contribution in [0.15, 0.2) is 24.3 Å². The molecule has 3 aliphatic rings. The van der Waals surface area contributed by atoms with Crippen molar-refractivity contribution < 1.29 is 14.3 Å². The third-order valence-electron chi connectivity index (χ3n) is 5.82. The number of ether oxygens (including phenoxy) is 2. The molecular weight excluding hydrogens is 374 g/mol. The Bertz CT molecular complexity index is 862. The average molecular weight is 400 g/mol. The van der Waals surface area contributed by atoms with E-state index in [4.69, 9.17) is 14.5 Å². The predicted molar refractivity (Wildman–Crippen MR) is 108 cm³/mol. The van der Waals surface area contributed by atoms with E-state index in [-0.39, 0.29) is 11.8 Å². The standard InChI is InChI=1S/C21H25N3O3S/c25-20(24-9-12-27-18-4-2-1-3-16(18)14-24)15-5-6-19-17(13-15)22-21(28-19)23-7-10-26-11-8-23/h1-4,15H,5-14H2. The van der Waals surface area contributed by atoms with Gasteiger partial charge in [0.2, 0.25) is 5.91 Å². The first-order chi connectivity index (χ1) is 13.8. The molecule has 1 aliphatic carbocycles. The molecule has 0 N–H and O–H groups in total. The lowest BCUT2D eigenvalue weighted by Crippen LogP contribution is -2.39. The number of benzene rings is 1. The topological polar surface area (TPSA) is 54.9 Å². The van der Waals surface area contributed by atoms with Gasteiger partial charge in [-0.2, -0.15) is 0 Å². The summed E-state index contributed by atoms with van der Waals surface area (Å²) in [5.41, 5.74) is 2.22. The summed E-state index contributed by atoms with van der Waals surface area (Å²) in [5, 5.41) is 1.10. The van der Waals surface area contributed by atoms with Crippen LogP contribution in [0, 0.1) is 5.92 Å². The summed E-state index contributed by atoms with van der Waals surface area (Å²) in [7, 11) is 0. The van der Waals surface area contributed by atoms with Gasteiger partial charge >= 0.3 is 0 Å². The molecule has 0 saturated carbocycles. The predicted octanol–water partition coefficient (Wildman–Crippen LogP) is 2.51. The van der Waals surface area contributed by atoms with Crippen LogP contribution in [0.5, 0.6) is 5.75 Å². The minimum atomic E-state index is 0.0254. The molecule has 1 amide bonds. The molecule has 3 heterocycles. The van der Waals surface area contributed by atoms with E-state index >= 15 is 0 Å². The van der Waals surface area contributed by atoms with E-state index in [2.05, 4.69) is 11.0 Å². The molecule has 1 saturated heterocycles. The van der Waals surface area contributed by atoms with E-state index in [0.29, 0.717) is 19.7 Å². The van der Waals surface area contributed by atoms with E-state index in [1.807, 2.05) is 23.1 Å². The Labute approximate surface area is 169 Å². The van der Waals surface area contributed by atoms with Crippen LogP contribution in [0.25, 0.3) is 0 Å². The maximum atomic E-state index is 13.3. The SMILES string of the molecule is O=C(C1CCc2sc(N3CCOCC3)nc2C1)N1CCOc2ccccc2C1. The summed E-state index contributed by atoms with van der Waals surface area (Å²) >= 11 is 1.80. The normalized spacial score (nSPS) is 22.1. The van der Waals surface area contributed by atoms with Crippen molar-refractivity contribution in [2.75, 3.05) is 44.4 Å². The van der Waals surface area contributed by atoms with Gasteiger partial charge in [0.05, 0.1) is 25.5 Å². The lowest BCUT2D eigenvalue weighted by Gasteiger charge is -2.27. The molecule has 1 aromatic heterocycles. The van der Waals surface area contributed by atoms with Crippen LogP contribution in [0.1, 0.15) is 22.6 Å². The molecule has 0 bridgehead atoms. The van der Waals surface area contributed by atoms with Crippen molar-refractivity contribution in [3.05, 3.63) is 40.4 Å². The number of nitrogens with zero attached hydrogens (tertiary/aromatic N) is 3. The molecule has 1 unspecified atom stereocenters. The van der Waals surface area contributed by atoms with Crippen molar-refractivity contribution in [2.24, 2.45) is 5.92 Å². The third kappa shape index (κ3) is 3.49. The molecule has 5 rings (SSSR count). The summed E-state index contributed by atoms with van der Waals surface area (Å²) in [5.74, 6) is 1.17. The fourth-order valence-corrected chi connectivity index (χ4v) is 5.39. The maximum Gasteiger partial charge on any atom is 0.226 e. The third-order valence-corrected chi connectivity index (χ3v) is 7.04. The van der Waals surface area contributed by atoms with Crippen molar-refractivity contribution in [3.63, 3.8) is 0 Å². The Balaban J connectivity index is 1.29. The zero-order chi connectivity index (χ0) is 18.9. The molecule has 7 heteroatoms. The van der Waals surface area contributed by atoms with E-state index in [9.17, 15) is 4.79 Å². The lowest BCUT2D eigenvalue weighted by atomic mass is 9.89. The molecule has 0 spiro atoms. The van der Waals surface area contributed by atoms with E-state index in [0.717, 1.165) is 67.7 Å². The number of morpholine rings is 1.